The maximum absolute atomic E-state index is 13.4. The molecule has 0 radical (unpaired) electrons. The zero-order valence-electron chi connectivity index (χ0n) is 14.4. The molecule has 2 aliphatic rings. The van der Waals surface area contributed by atoms with Crippen molar-refractivity contribution in [3.05, 3.63) is 11.0 Å². The van der Waals surface area contributed by atoms with E-state index in [1.54, 1.807) is 20.8 Å². The van der Waals surface area contributed by atoms with Crippen molar-refractivity contribution in [1.29, 1.82) is 0 Å². The van der Waals surface area contributed by atoms with Crippen LogP contribution in [0.25, 0.3) is 0 Å². The molecule has 1 aliphatic heterocycles. The molecule has 8 heteroatoms. The van der Waals surface area contributed by atoms with Gasteiger partial charge in [-0.2, -0.15) is 0 Å². The van der Waals surface area contributed by atoms with E-state index in [-0.39, 0.29) is 18.0 Å². The van der Waals surface area contributed by atoms with Crippen LogP contribution in [0.4, 0.5) is 17.7 Å². The molecule has 0 atom stereocenters. The molecular weight excluding hydrogens is 322 g/mol. The smallest absolute Gasteiger partial charge is 0.445 e. The summed E-state index contributed by atoms with van der Waals surface area (Å²) in [6.07, 6.45) is 3.25. The molecule has 24 heavy (non-hydrogen) atoms. The van der Waals surface area contributed by atoms with E-state index in [2.05, 4.69) is 0 Å². The predicted molar refractivity (Wildman–Crippen MR) is 85.5 cm³/mol. The van der Waals surface area contributed by atoms with Gasteiger partial charge in [-0.1, -0.05) is 30.3 Å². The van der Waals surface area contributed by atoms with Gasteiger partial charge in [0.05, 0.1) is 6.54 Å². The van der Waals surface area contributed by atoms with Crippen LogP contribution >= 0.6 is 0 Å². The van der Waals surface area contributed by atoms with Crippen LogP contribution in [0.15, 0.2) is 11.0 Å². The number of amides is 1. The second kappa shape index (κ2) is 6.80. The number of nitrogens with zero attached hydrogens (tertiary/aromatic N) is 1. The van der Waals surface area contributed by atoms with E-state index in [1.807, 2.05) is 0 Å². The van der Waals surface area contributed by atoms with Crippen molar-refractivity contribution < 1.29 is 27.3 Å². The van der Waals surface area contributed by atoms with Gasteiger partial charge in [0.15, 0.2) is 0 Å². The second-order valence-corrected chi connectivity index (χ2v) is 7.61. The zero-order valence-corrected chi connectivity index (χ0v) is 14.4. The molecular formula is C16H24BF3NO3-. The number of Topliss-reactive ketones (excluding diaryl/α,β-unsaturated/α-hetero) is 1. The zero-order chi connectivity index (χ0) is 18.1. The van der Waals surface area contributed by atoms with Crippen molar-refractivity contribution in [2.75, 3.05) is 13.1 Å². The number of carbonyl (C=O) groups is 2. The van der Waals surface area contributed by atoms with E-state index in [4.69, 9.17) is 4.74 Å². The van der Waals surface area contributed by atoms with Crippen molar-refractivity contribution in [2.24, 2.45) is 5.92 Å². The van der Waals surface area contributed by atoms with Gasteiger partial charge in [0, 0.05) is 6.54 Å². The third kappa shape index (κ3) is 4.54. The lowest BCUT2D eigenvalue weighted by Gasteiger charge is -2.38. The van der Waals surface area contributed by atoms with Gasteiger partial charge in [-0.15, -0.1) is 0 Å². The average Bonchev–Trinajstić information content (AvgIpc) is 2.44. The summed E-state index contributed by atoms with van der Waals surface area (Å²) >= 11 is 0. The fraction of sp³-hybridized carbons (Fsp3) is 0.750. The van der Waals surface area contributed by atoms with Crippen molar-refractivity contribution in [3.63, 3.8) is 0 Å². The Morgan fingerprint density at radius 2 is 1.71 bits per heavy atom. The minimum absolute atomic E-state index is 0.0873. The molecule has 0 aromatic carbocycles. The molecule has 136 valence electrons. The highest BCUT2D eigenvalue weighted by Crippen LogP contribution is 2.38. The van der Waals surface area contributed by atoms with Crippen molar-refractivity contribution in [2.45, 2.75) is 58.5 Å². The fourth-order valence-corrected chi connectivity index (χ4v) is 3.43. The number of carbonyl (C=O) groups excluding carboxylic acids is 2. The molecule has 4 nitrogen and oxygen atoms in total. The number of hydrogen-bond donors (Lipinski definition) is 0. The van der Waals surface area contributed by atoms with E-state index in [0.717, 1.165) is 24.2 Å². The highest BCUT2D eigenvalue weighted by Gasteiger charge is 2.42. The van der Waals surface area contributed by atoms with Gasteiger partial charge in [0.2, 0.25) is 0 Å². The average molecular weight is 346 g/mol. The van der Waals surface area contributed by atoms with E-state index in [9.17, 15) is 22.5 Å². The van der Waals surface area contributed by atoms with Crippen LogP contribution in [0, 0.1) is 5.92 Å². The Labute approximate surface area is 140 Å². The fourth-order valence-electron chi connectivity index (χ4n) is 3.43. The third-order valence-corrected chi connectivity index (χ3v) is 4.42. The summed E-state index contributed by atoms with van der Waals surface area (Å²) in [5, 5.41) is 0. The van der Waals surface area contributed by atoms with Crippen molar-refractivity contribution >= 4 is 18.9 Å². The van der Waals surface area contributed by atoms with E-state index < -0.39 is 36.5 Å². The number of rotatable bonds is 2. The Kier molecular flexibility index (Phi) is 5.35. The maximum Gasteiger partial charge on any atom is 0.513 e. The lowest BCUT2D eigenvalue weighted by atomic mass is 9.67. The summed E-state index contributed by atoms with van der Waals surface area (Å²) in [5.41, 5.74) is -1.66. The first-order valence-electron chi connectivity index (χ1n) is 8.43. The Bertz CT molecular complexity index is 546. The molecule has 0 saturated heterocycles. The molecule has 0 aromatic heterocycles. The first-order valence-corrected chi connectivity index (χ1v) is 8.43. The van der Waals surface area contributed by atoms with Gasteiger partial charge in [0.1, 0.15) is 11.4 Å². The van der Waals surface area contributed by atoms with Gasteiger partial charge < -0.3 is 17.7 Å². The normalized spacial score (nSPS) is 21.2. The lowest BCUT2D eigenvalue weighted by molar-refractivity contribution is -0.117. The van der Waals surface area contributed by atoms with Crippen LogP contribution in [0.2, 0.25) is 0 Å². The molecule has 0 aromatic rings. The van der Waals surface area contributed by atoms with Crippen molar-refractivity contribution in [3.8, 4) is 0 Å². The molecule has 1 heterocycles. The predicted octanol–water partition coefficient (Wildman–Crippen LogP) is 4.07. The van der Waals surface area contributed by atoms with Crippen LogP contribution in [-0.4, -0.2) is 42.4 Å². The van der Waals surface area contributed by atoms with Crippen LogP contribution in [0.5, 0.6) is 0 Å². The summed E-state index contributed by atoms with van der Waals surface area (Å²) in [6.45, 7) is -1.07. The molecule has 0 N–H and O–H groups in total. The van der Waals surface area contributed by atoms with Gasteiger partial charge in [-0.05, 0) is 39.5 Å². The Morgan fingerprint density at radius 1 is 1.12 bits per heavy atom. The van der Waals surface area contributed by atoms with E-state index in [0.29, 0.717) is 12.8 Å². The number of ether oxygens (including phenoxy) is 1. The van der Waals surface area contributed by atoms with Crippen LogP contribution in [-0.2, 0) is 9.53 Å². The Balaban J connectivity index is 2.31. The van der Waals surface area contributed by atoms with Crippen LogP contribution in [0.3, 0.4) is 0 Å². The lowest BCUT2D eigenvalue weighted by Crippen LogP contribution is -2.48. The van der Waals surface area contributed by atoms with Crippen molar-refractivity contribution in [1.82, 2.24) is 4.90 Å². The summed E-state index contributed by atoms with van der Waals surface area (Å²) < 4.78 is 45.6. The SMILES string of the molecule is CC(C)(C)OC(=O)N1CC(=O)C([B-](F)(F)F)=C(C2CCCCC2)C1. The monoisotopic (exact) mass is 346 g/mol. The van der Waals surface area contributed by atoms with Gasteiger partial charge in [0.25, 0.3) is 0 Å². The molecule has 2 rings (SSSR count). The second-order valence-electron chi connectivity index (χ2n) is 7.61. The summed E-state index contributed by atoms with van der Waals surface area (Å²) in [5.74, 6) is -1.29. The number of halogens is 3. The van der Waals surface area contributed by atoms with Gasteiger partial charge in [-0.25, -0.2) is 4.79 Å². The summed E-state index contributed by atoms with van der Waals surface area (Å²) in [7, 11) is 0. The van der Waals surface area contributed by atoms with Gasteiger partial charge >= 0.3 is 13.1 Å². The first-order chi connectivity index (χ1) is 11.0. The minimum Gasteiger partial charge on any atom is -0.445 e. The standard InChI is InChI=1S/C16H24BF3NO3/c1-16(2,3)24-15(23)21-9-12(11-7-5-4-6-8-11)14(13(22)10-21)17(18,19)20/h11H,4-10H2,1-3H3/q-1. The van der Waals surface area contributed by atoms with Crippen LogP contribution < -0.4 is 0 Å². The number of ketones is 1. The molecule has 1 aliphatic carbocycles. The summed E-state index contributed by atoms with van der Waals surface area (Å²) in [4.78, 5) is 25.5. The largest absolute Gasteiger partial charge is 0.513 e. The quantitative estimate of drug-likeness (QED) is 0.708. The third-order valence-electron chi connectivity index (χ3n) is 4.42. The summed E-state index contributed by atoms with van der Waals surface area (Å²) in [6, 6.07) is 0. The van der Waals surface area contributed by atoms with E-state index in [1.165, 1.54) is 0 Å². The minimum atomic E-state index is -5.37. The molecule has 1 saturated carbocycles. The topological polar surface area (TPSA) is 46.6 Å². The molecule has 0 unspecified atom stereocenters. The first kappa shape index (κ1) is 18.9. The number of hydrogen-bond acceptors (Lipinski definition) is 3. The molecule has 1 fully saturated rings. The highest BCUT2D eigenvalue weighted by molar-refractivity contribution is 6.73. The maximum atomic E-state index is 13.4. The molecule has 1 amide bonds. The molecule has 0 bridgehead atoms. The highest BCUT2D eigenvalue weighted by atomic mass is 19.4. The van der Waals surface area contributed by atoms with E-state index >= 15 is 0 Å². The molecule has 0 spiro atoms. The van der Waals surface area contributed by atoms with Crippen LogP contribution in [0.1, 0.15) is 52.9 Å². The Hall–Kier alpha value is -1.47. The van der Waals surface area contributed by atoms with Gasteiger partial charge in [-0.3, -0.25) is 9.69 Å². The Morgan fingerprint density at radius 3 is 2.21 bits per heavy atom.